The molecule has 4 aromatic carbocycles. The predicted octanol–water partition coefficient (Wildman–Crippen LogP) is 11.5. The zero-order chi connectivity index (χ0) is 39.7. The minimum absolute atomic E-state index is 0.0551. The molecule has 54 heavy (non-hydrogen) atoms. The third-order valence-corrected chi connectivity index (χ3v) is 8.63. The number of carbonyl (C=O) groups is 2. The van der Waals surface area contributed by atoms with E-state index in [1.54, 1.807) is 56.3 Å². The Morgan fingerprint density at radius 2 is 0.944 bits per heavy atom. The van der Waals surface area contributed by atoms with Gasteiger partial charge in [0.05, 0.1) is 59.9 Å². The number of carbonyl (C=O) groups excluding carboxylic acids is 2. The van der Waals surface area contributed by atoms with Gasteiger partial charge in [-0.3, -0.25) is 9.59 Å². The van der Waals surface area contributed by atoms with Gasteiger partial charge in [0, 0.05) is 24.3 Å². The number of allylic oxidation sites excluding steroid dienone is 2. The third-order valence-electron chi connectivity index (χ3n) is 7.43. The molecule has 0 saturated heterocycles. The summed E-state index contributed by atoms with van der Waals surface area (Å²) in [5, 5.41) is 33.1. The molecule has 3 N–H and O–H groups in total. The van der Waals surface area contributed by atoms with E-state index in [1.165, 1.54) is 53.6 Å². The van der Waals surface area contributed by atoms with Crippen molar-refractivity contribution in [2.75, 3.05) is 39.1 Å². The average Bonchev–Trinajstić information content (AvgIpc) is 3.13. The number of halogens is 4. The van der Waals surface area contributed by atoms with Crippen molar-refractivity contribution < 1.29 is 33.6 Å². The summed E-state index contributed by atoms with van der Waals surface area (Å²) in [5.74, 6) is -0.477. The number of nitrogens with one attached hydrogen (secondary N) is 2. The zero-order valence-electron chi connectivity index (χ0n) is 30.0. The monoisotopic (exact) mass is 814 g/mol. The molecule has 0 saturated carbocycles. The predicted molar refractivity (Wildman–Crippen MR) is 211 cm³/mol. The van der Waals surface area contributed by atoms with Gasteiger partial charge < -0.3 is 34.7 Å². The number of anilines is 2. The van der Waals surface area contributed by atoms with Crippen LogP contribution in [0.1, 0.15) is 20.8 Å². The highest BCUT2D eigenvalue weighted by atomic mass is 35.5. The Balaban J connectivity index is 1.51. The fourth-order valence-electron chi connectivity index (χ4n) is 4.68. The summed E-state index contributed by atoms with van der Waals surface area (Å²) >= 11 is 25.5. The van der Waals surface area contributed by atoms with E-state index in [4.69, 9.17) is 65.4 Å². The second-order valence-corrected chi connectivity index (χ2v) is 12.9. The number of hydrogen-bond acceptors (Lipinski definition) is 11. The lowest BCUT2D eigenvalue weighted by molar-refractivity contribution is -0.113. The smallest absolute Gasteiger partial charge is 0.279 e. The van der Waals surface area contributed by atoms with Crippen LogP contribution in [-0.2, 0) is 9.59 Å². The summed E-state index contributed by atoms with van der Waals surface area (Å²) in [4.78, 5) is 26.3. The van der Waals surface area contributed by atoms with Crippen molar-refractivity contribution in [3.63, 3.8) is 0 Å². The lowest BCUT2D eigenvalue weighted by atomic mass is 10.1. The normalized spacial score (nSPS) is 11.6. The minimum atomic E-state index is -0.777. The molecular formula is C37H34Cl4N6O7. The van der Waals surface area contributed by atoms with E-state index >= 15 is 0 Å². The highest BCUT2D eigenvalue weighted by Gasteiger charge is 2.19. The van der Waals surface area contributed by atoms with E-state index < -0.39 is 17.6 Å². The van der Waals surface area contributed by atoms with E-state index in [0.717, 1.165) is 0 Å². The number of rotatable bonds is 13. The standard InChI is InChI=1S/C37H34Cl4N6O7/c1-18(2)34(36(49)42-28-16-30(51-4)24(40)14-32(28)53-6)46-44-26-10-8-20(12-22(26)38)21-9-11-27(23(39)13-21)45-47-35(19(3)48)37(50)43-29-17-31(52-5)25(41)15-33(29)54-7/h8-17,48H,1-7H3,(H,42,49)(H,43,50)/b35-19-,46-44?,47-45?. The Morgan fingerprint density at radius 1 is 0.556 bits per heavy atom. The van der Waals surface area contributed by atoms with Crippen LogP contribution in [0.3, 0.4) is 0 Å². The van der Waals surface area contributed by atoms with Gasteiger partial charge in [-0.25, -0.2) is 0 Å². The Labute approximate surface area is 331 Å². The van der Waals surface area contributed by atoms with Crippen LogP contribution in [0.5, 0.6) is 23.0 Å². The maximum Gasteiger partial charge on any atom is 0.279 e. The van der Waals surface area contributed by atoms with E-state index in [9.17, 15) is 14.7 Å². The molecule has 17 heteroatoms. The Morgan fingerprint density at radius 3 is 1.30 bits per heavy atom. The topological polar surface area (TPSA) is 165 Å². The van der Waals surface area contributed by atoms with Gasteiger partial charge in [0.1, 0.15) is 45.8 Å². The molecular weight excluding hydrogens is 782 g/mol. The molecule has 0 atom stereocenters. The summed E-state index contributed by atoms with van der Waals surface area (Å²) in [7, 11) is 5.74. The molecule has 0 spiro atoms. The molecule has 0 fully saturated rings. The van der Waals surface area contributed by atoms with Gasteiger partial charge in [-0.05, 0) is 61.7 Å². The molecule has 0 aliphatic rings. The largest absolute Gasteiger partial charge is 0.510 e. The maximum atomic E-state index is 13.2. The Bertz CT molecular complexity index is 2060. The molecule has 4 aromatic rings. The first-order valence-corrected chi connectivity index (χ1v) is 17.2. The fraction of sp³-hybridized carbons (Fsp3) is 0.189. The van der Waals surface area contributed by atoms with Crippen molar-refractivity contribution in [1.29, 1.82) is 0 Å². The number of nitrogens with zero attached hydrogens (tertiary/aromatic N) is 4. The number of methoxy groups -OCH3 is 4. The summed E-state index contributed by atoms with van der Waals surface area (Å²) in [6.45, 7) is 4.73. The van der Waals surface area contributed by atoms with Gasteiger partial charge >= 0.3 is 0 Å². The van der Waals surface area contributed by atoms with Crippen molar-refractivity contribution in [2.45, 2.75) is 20.8 Å². The van der Waals surface area contributed by atoms with Crippen molar-refractivity contribution in [3.05, 3.63) is 103 Å². The first kappa shape index (κ1) is 41.4. The summed E-state index contributed by atoms with van der Waals surface area (Å²) in [6.07, 6.45) is 0. The Hall–Kier alpha value is -5.34. The van der Waals surface area contributed by atoms with Crippen molar-refractivity contribution in [2.24, 2.45) is 20.5 Å². The molecule has 0 aliphatic carbocycles. The third kappa shape index (κ3) is 9.99. The maximum absolute atomic E-state index is 13.2. The molecule has 13 nitrogen and oxygen atoms in total. The van der Waals surface area contributed by atoms with E-state index in [2.05, 4.69) is 31.1 Å². The van der Waals surface area contributed by atoms with Gasteiger partial charge in [-0.1, -0.05) is 58.5 Å². The van der Waals surface area contributed by atoms with Gasteiger partial charge in [-0.2, -0.15) is 0 Å². The van der Waals surface area contributed by atoms with E-state index in [1.807, 2.05) is 0 Å². The number of aliphatic hydroxyl groups excluding tert-OH is 1. The number of benzene rings is 4. The van der Waals surface area contributed by atoms with Crippen LogP contribution in [0.4, 0.5) is 22.7 Å². The van der Waals surface area contributed by atoms with Gasteiger partial charge in [0.2, 0.25) is 0 Å². The second kappa shape index (κ2) is 18.6. The summed E-state index contributed by atoms with van der Waals surface area (Å²) < 4.78 is 21.1. The molecule has 0 aliphatic heterocycles. The average molecular weight is 817 g/mol. The lowest BCUT2D eigenvalue weighted by Gasteiger charge is -2.13. The number of amides is 2. The molecule has 2 amide bonds. The first-order chi connectivity index (χ1) is 25.7. The molecule has 0 unspecified atom stereocenters. The number of ether oxygens (including phenoxy) is 4. The van der Waals surface area contributed by atoms with Crippen LogP contribution < -0.4 is 29.6 Å². The van der Waals surface area contributed by atoms with E-state index in [0.29, 0.717) is 50.3 Å². The van der Waals surface area contributed by atoms with Crippen LogP contribution in [0, 0.1) is 0 Å². The lowest BCUT2D eigenvalue weighted by Crippen LogP contribution is -2.15. The van der Waals surface area contributed by atoms with Crippen molar-refractivity contribution in [3.8, 4) is 34.1 Å². The fourth-order valence-corrected chi connectivity index (χ4v) is 5.57. The Kier molecular flexibility index (Phi) is 14.3. The molecule has 0 aromatic heterocycles. The molecule has 0 heterocycles. The minimum Gasteiger partial charge on any atom is -0.510 e. The van der Waals surface area contributed by atoms with Crippen molar-refractivity contribution in [1.82, 2.24) is 0 Å². The van der Waals surface area contributed by atoms with Gasteiger partial charge in [0.15, 0.2) is 5.70 Å². The van der Waals surface area contributed by atoms with Gasteiger partial charge in [-0.15, -0.1) is 20.5 Å². The highest BCUT2D eigenvalue weighted by Crippen LogP contribution is 2.39. The zero-order valence-corrected chi connectivity index (χ0v) is 33.0. The number of aliphatic hydroxyl groups is 1. The molecule has 0 radical (unpaired) electrons. The number of hydrogen-bond donors (Lipinski definition) is 3. The highest BCUT2D eigenvalue weighted by molar-refractivity contribution is 6.34. The summed E-state index contributed by atoms with van der Waals surface area (Å²) in [5.41, 5.74) is 2.72. The molecule has 282 valence electrons. The molecule has 4 rings (SSSR count). The van der Waals surface area contributed by atoms with Crippen LogP contribution in [0.25, 0.3) is 11.1 Å². The number of azo groups is 2. The van der Waals surface area contributed by atoms with Crippen LogP contribution >= 0.6 is 46.4 Å². The van der Waals surface area contributed by atoms with Crippen LogP contribution in [0.2, 0.25) is 20.1 Å². The van der Waals surface area contributed by atoms with E-state index in [-0.39, 0.29) is 43.6 Å². The SMILES string of the molecule is COc1cc(NC(=O)C(N=Nc2ccc(-c3ccc(N=N/C(C(=O)Nc4cc(OC)c(Cl)cc4OC)=C(/C)O)c(Cl)c3)cc2Cl)=C(C)C)c(OC)cc1Cl. The second-order valence-electron chi connectivity index (χ2n) is 11.3. The quantitative estimate of drug-likeness (QED) is 0.0686. The van der Waals surface area contributed by atoms with Crippen LogP contribution in [-0.4, -0.2) is 45.4 Å². The first-order valence-electron chi connectivity index (χ1n) is 15.7. The van der Waals surface area contributed by atoms with Crippen LogP contribution in [0.15, 0.2) is 104 Å². The molecule has 0 bridgehead atoms. The van der Waals surface area contributed by atoms with Crippen molar-refractivity contribution >= 4 is 81.0 Å². The van der Waals surface area contributed by atoms with Gasteiger partial charge in [0.25, 0.3) is 11.8 Å². The summed E-state index contributed by atoms with van der Waals surface area (Å²) in [6, 6.07) is 16.0.